The van der Waals surface area contributed by atoms with Gasteiger partial charge >= 0.3 is 5.69 Å². The van der Waals surface area contributed by atoms with E-state index >= 15 is 0 Å². The number of nitro groups is 1. The number of fused-ring (bicyclic) bond motifs is 1. The summed E-state index contributed by atoms with van der Waals surface area (Å²) in [6.45, 7) is 3.90. The van der Waals surface area contributed by atoms with Crippen LogP contribution in [0.5, 0.6) is 5.88 Å². The zero-order valence-electron chi connectivity index (χ0n) is 13.2. The third kappa shape index (κ3) is 2.61. The molecular formula is C18H16N2O3. The van der Waals surface area contributed by atoms with Crippen molar-refractivity contribution in [3.8, 4) is 17.1 Å². The number of ether oxygens (including phenoxy) is 1. The molecule has 5 heteroatoms. The second-order valence-electron chi connectivity index (χ2n) is 5.49. The number of rotatable bonds is 3. The molecule has 0 aliphatic rings. The van der Waals surface area contributed by atoms with Crippen LogP contribution in [0.1, 0.15) is 11.1 Å². The molecule has 3 rings (SSSR count). The van der Waals surface area contributed by atoms with E-state index in [1.807, 2.05) is 50.2 Å². The summed E-state index contributed by atoms with van der Waals surface area (Å²) in [7, 11) is 1.52. The maximum atomic E-state index is 11.7. The molecular weight excluding hydrogens is 292 g/mol. The minimum atomic E-state index is -0.376. The van der Waals surface area contributed by atoms with Gasteiger partial charge in [0, 0.05) is 5.56 Å². The fraction of sp³-hybridized carbons (Fsp3) is 0.167. The molecule has 2 aromatic carbocycles. The van der Waals surface area contributed by atoms with Crippen molar-refractivity contribution in [1.82, 2.24) is 4.98 Å². The molecule has 0 N–H and O–H groups in total. The minimum Gasteiger partial charge on any atom is -0.481 e. The van der Waals surface area contributed by atoms with Crippen molar-refractivity contribution in [1.29, 1.82) is 0 Å². The van der Waals surface area contributed by atoms with Crippen molar-refractivity contribution in [2.24, 2.45) is 0 Å². The summed E-state index contributed by atoms with van der Waals surface area (Å²) in [5.74, 6) is 0.393. The van der Waals surface area contributed by atoms with Crippen molar-refractivity contribution >= 4 is 16.5 Å². The Bertz CT molecular complexity index is 902. The van der Waals surface area contributed by atoms with Gasteiger partial charge in [-0.05, 0) is 26.0 Å². The normalized spacial score (nSPS) is 10.7. The number of hydrogen-bond acceptors (Lipinski definition) is 4. The number of aryl methyl sites for hydroxylation is 2. The fourth-order valence-corrected chi connectivity index (χ4v) is 2.64. The van der Waals surface area contributed by atoms with Crippen LogP contribution in [0.4, 0.5) is 5.69 Å². The van der Waals surface area contributed by atoms with E-state index in [0.29, 0.717) is 27.9 Å². The monoisotopic (exact) mass is 308 g/mol. The maximum Gasteiger partial charge on any atom is 0.303 e. The van der Waals surface area contributed by atoms with Crippen LogP contribution in [0.3, 0.4) is 0 Å². The van der Waals surface area contributed by atoms with Gasteiger partial charge in [0.1, 0.15) is 0 Å². The van der Waals surface area contributed by atoms with Gasteiger partial charge in [0.25, 0.3) is 0 Å². The fourth-order valence-electron chi connectivity index (χ4n) is 2.64. The number of nitrogens with zero attached hydrogens (tertiary/aromatic N) is 2. The number of methoxy groups -OCH3 is 1. The highest BCUT2D eigenvalue weighted by molar-refractivity contribution is 5.99. The smallest absolute Gasteiger partial charge is 0.303 e. The van der Waals surface area contributed by atoms with Crippen molar-refractivity contribution in [2.45, 2.75) is 13.8 Å². The van der Waals surface area contributed by atoms with E-state index in [-0.39, 0.29) is 10.6 Å². The lowest BCUT2D eigenvalue weighted by Gasteiger charge is -2.10. The van der Waals surface area contributed by atoms with Gasteiger partial charge in [0.05, 0.1) is 22.8 Å². The minimum absolute atomic E-state index is 0.00431. The first-order valence-corrected chi connectivity index (χ1v) is 7.21. The Morgan fingerprint density at radius 3 is 2.26 bits per heavy atom. The van der Waals surface area contributed by atoms with Gasteiger partial charge in [-0.15, -0.1) is 0 Å². The molecule has 0 unspecified atom stereocenters. The third-order valence-electron chi connectivity index (χ3n) is 3.80. The molecule has 0 amide bonds. The van der Waals surface area contributed by atoms with E-state index < -0.39 is 0 Å². The summed E-state index contributed by atoms with van der Waals surface area (Å²) in [6, 6.07) is 13.0. The lowest BCUT2D eigenvalue weighted by Crippen LogP contribution is -2.00. The average Bonchev–Trinajstić information content (AvgIpc) is 2.53. The molecule has 3 aromatic rings. The molecule has 0 spiro atoms. The molecule has 116 valence electrons. The second kappa shape index (κ2) is 5.68. The Balaban J connectivity index is 2.41. The van der Waals surface area contributed by atoms with Gasteiger partial charge in [0.15, 0.2) is 5.69 Å². The topological polar surface area (TPSA) is 65.3 Å². The quantitative estimate of drug-likeness (QED) is 0.530. The van der Waals surface area contributed by atoms with Crippen LogP contribution in [0.15, 0.2) is 42.5 Å². The number of hydrogen-bond donors (Lipinski definition) is 0. The summed E-state index contributed by atoms with van der Waals surface area (Å²) in [5, 5.41) is 12.9. The van der Waals surface area contributed by atoms with Crippen molar-refractivity contribution < 1.29 is 9.66 Å². The Labute approximate surface area is 133 Å². The zero-order chi connectivity index (χ0) is 16.6. The lowest BCUT2D eigenvalue weighted by atomic mass is 10.0. The molecule has 0 fully saturated rings. The summed E-state index contributed by atoms with van der Waals surface area (Å²) < 4.78 is 5.37. The SMILES string of the molecule is COc1nc(-c2ccc(C)cc2)c([N+](=O)[O-])c2ccc(C)cc12. The molecule has 0 atom stereocenters. The van der Waals surface area contributed by atoms with E-state index in [9.17, 15) is 10.1 Å². The first-order valence-electron chi connectivity index (χ1n) is 7.21. The van der Waals surface area contributed by atoms with Crippen molar-refractivity contribution in [2.75, 3.05) is 7.11 Å². The average molecular weight is 308 g/mol. The largest absolute Gasteiger partial charge is 0.481 e. The molecule has 0 saturated heterocycles. The highest BCUT2D eigenvalue weighted by Crippen LogP contribution is 2.39. The van der Waals surface area contributed by atoms with Crippen LogP contribution in [0, 0.1) is 24.0 Å². The first kappa shape index (κ1) is 15.0. The summed E-state index contributed by atoms with van der Waals surface area (Å²) in [4.78, 5) is 15.7. The van der Waals surface area contributed by atoms with E-state index in [4.69, 9.17) is 4.74 Å². The zero-order valence-corrected chi connectivity index (χ0v) is 13.2. The van der Waals surface area contributed by atoms with Crippen molar-refractivity contribution in [3.63, 3.8) is 0 Å². The highest BCUT2D eigenvalue weighted by Gasteiger charge is 2.24. The lowest BCUT2D eigenvalue weighted by molar-refractivity contribution is -0.382. The van der Waals surface area contributed by atoms with Crippen molar-refractivity contribution in [3.05, 3.63) is 63.7 Å². The Hall–Kier alpha value is -2.95. The summed E-state index contributed by atoms with van der Waals surface area (Å²) >= 11 is 0. The molecule has 0 bridgehead atoms. The molecule has 23 heavy (non-hydrogen) atoms. The number of benzene rings is 2. The summed E-state index contributed by atoms with van der Waals surface area (Å²) in [5.41, 5.74) is 3.10. The van der Waals surface area contributed by atoms with Gasteiger partial charge < -0.3 is 4.74 Å². The molecule has 0 radical (unpaired) electrons. The van der Waals surface area contributed by atoms with Gasteiger partial charge in [-0.2, -0.15) is 0 Å². The second-order valence-corrected chi connectivity index (χ2v) is 5.49. The third-order valence-corrected chi connectivity index (χ3v) is 3.80. The molecule has 0 saturated carbocycles. The van der Waals surface area contributed by atoms with Gasteiger partial charge in [-0.25, -0.2) is 4.98 Å². The van der Waals surface area contributed by atoms with Gasteiger partial charge in [0.2, 0.25) is 5.88 Å². The molecule has 1 heterocycles. The molecule has 5 nitrogen and oxygen atoms in total. The standard InChI is InChI=1S/C18H16N2O3/c1-11-4-7-13(8-5-11)16-17(20(21)22)14-9-6-12(2)10-15(14)18(19-16)23-3/h4-10H,1-3H3. The van der Waals surface area contributed by atoms with Crippen LogP contribution in [-0.4, -0.2) is 17.0 Å². The molecule has 0 aliphatic carbocycles. The van der Waals surface area contributed by atoms with E-state index in [0.717, 1.165) is 11.1 Å². The Kier molecular flexibility index (Phi) is 3.70. The van der Waals surface area contributed by atoms with Gasteiger partial charge in [-0.1, -0.05) is 41.5 Å². The van der Waals surface area contributed by atoms with Crippen LogP contribution in [0.25, 0.3) is 22.0 Å². The number of aromatic nitrogens is 1. The van der Waals surface area contributed by atoms with E-state index in [1.165, 1.54) is 7.11 Å². The van der Waals surface area contributed by atoms with Crippen LogP contribution < -0.4 is 4.74 Å². The van der Waals surface area contributed by atoms with E-state index in [1.54, 1.807) is 6.07 Å². The number of pyridine rings is 1. The molecule has 0 aliphatic heterocycles. The molecule has 1 aromatic heterocycles. The van der Waals surface area contributed by atoms with E-state index in [2.05, 4.69) is 4.98 Å². The Morgan fingerprint density at radius 1 is 1.00 bits per heavy atom. The van der Waals surface area contributed by atoms with Gasteiger partial charge in [-0.3, -0.25) is 10.1 Å². The Morgan fingerprint density at radius 2 is 1.65 bits per heavy atom. The van der Waals surface area contributed by atoms with Crippen LogP contribution in [-0.2, 0) is 0 Å². The predicted molar refractivity (Wildman–Crippen MR) is 89.9 cm³/mol. The predicted octanol–water partition coefficient (Wildman–Crippen LogP) is 4.44. The van der Waals surface area contributed by atoms with Crippen LogP contribution >= 0.6 is 0 Å². The highest BCUT2D eigenvalue weighted by atomic mass is 16.6. The maximum absolute atomic E-state index is 11.7. The first-order chi connectivity index (χ1) is 11.0. The van der Waals surface area contributed by atoms with Crippen LogP contribution in [0.2, 0.25) is 0 Å². The summed E-state index contributed by atoms with van der Waals surface area (Å²) in [6.07, 6.45) is 0.